The van der Waals surface area contributed by atoms with Gasteiger partial charge in [0, 0.05) is 56.9 Å². The molecule has 1 N–H and O–H groups in total. The molecule has 9 nitrogen and oxygen atoms in total. The second-order valence-electron chi connectivity index (χ2n) is 10.5. The summed E-state index contributed by atoms with van der Waals surface area (Å²) in [6.45, 7) is 3.70. The maximum absolute atomic E-state index is 13.7. The lowest BCUT2D eigenvalue weighted by Gasteiger charge is -2.32. The van der Waals surface area contributed by atoms with Crippen molar-refractivity contribution in [3.63, 3.8) is 0 Å². The fourth-order valence-corrected chi connectivity index (χ4v) is 5.07. The van der Waals surface area contributed by atoms with Crippen LogP contribution < -0.4 is 5.32 Å². The van der Waals surface area contributed by atoms with Gasteiger partial charge in [-0.15, -0.1) is 0 Å². The van der Waals surface area contributed by atoms with Crippen molar-refractivity contribution in [1.82, 2.24) is 30.0 Å². The molecule has 1 unspecified atom stereocenters. The number of hydrogen-bond donors (Lipinski definition) is 1. The zero-order valence-corrected chi connectivity index (χ0v) is 22.8. The lowest BCUT2D eigenvalue weighted by Crippen LogP contribution is -2.43. The molecule has 0 saturated carbocycles. The Bertz CT molecular complexity index is 1490. The smallest absolute Gasteiger partial charge is 0.268 e. The van der Waals surface area contributed by atoms with E-state index in [-0.39, 0.29) is 0 Å². The van der Waals surface area contributed by atoms with Crippen LogP contribution in [-0.4, -0.2) is 94.8 Å². The van der Waals surface area contributed by atoms with E-state index in [9.17, 15) is 18.4 Å². The highest BCUT2D eigenvalue weighted by atomic mass is 19.3. The third-order valence-corrected chi connectivity index (χ3v) is 7.45. The fraction of sp³-hybridized carbons (Fsp3) is 0.367. The Labute approximate surface area is 237 Å². The molecule has 1 atom stereocenters. The Hall–Kier alpha value is -4.27. The summed E-state index contributed by atoms with van der Waals surface area (Å²) in [7, 11) is 2.14. The largest absolute Gasteiger partial charge is 0.343 e. The first-order chi connectivity index (χ1) is 19.7. The topological polar surface area (TPSA) is 105 Å². The Morgan fingerprint density at radius 1 is 1.10 bits per heavy atom. The van der Waals surface area contributed by atoms with Crippen LogP contribution >= 0.6 is 0 Å². The van der Waals surface area contributed by atoms with Crippen molar-refractivity contribution >= 4 is 34.9 Å². The van der Waals surface area contributed by atoms with E-state index in [0.717, 1.165) is 54.4 Å². The van der Waals surface area contributed by atoms with Gasteiger partial charge in [0.2, 0.25) is 5.91 Å². The van der Waals surface area contributed by atoms with Crippen LogP contribution in [0.5, 0.6) is 0 Å². The predicted octanol–water partition coefficient (Wildman–Crippen LogP) is 3.04. The van der Waals surface area contributed by atoms with Crippen molar-refractivity contribution in [3.05, 3.63) is 71.2 Å². The summed E-state index contributed by atoms with van der Waals surface area (Å²) in [5.41, 5.74) is 3.71. The number of benzene rings is 1. The van der Waals surface area contributed by atoms with Crippen LogP contribution in [0.15, 0.2) is 48.8 Å². The van der Waals surface area contributed by atoms with Crippen LogP contribution in [0.4, 0.5) is 8.78 Å². The van der Waals surface area contributed by atoms with Crippen molar-refractivity contribution in [2.75, 3.05) is 46.3 Å². The van der Waals surface area contributed by atoms with Gasteiger partial charge in [-0.1, -0.05) is 24.3 Å². The fourth-order valence-electron chi connectivity index (χ4n) is 5.07. The molecule has 0 bridgehead atoms. The molecule has 4 heterocycles. The third-order valence-electron chi connectivity index (χ3n) is 7.45. The number of nitrogens with zero attached hydrogens (tertiary/aromatic N) is 6. The summed E-state index contributed by atoms with van der Waals surface area (Å²) in [4.78, 5) is 40.0. The van der Waals surface area contributed by atoms with Crippen molar-refractivity contribution in [2.24, 2.45) is 0 Å². The Kier molecular flexibility index (Phi) is 8.33. The average molecular weight is 560 g/mol. The van der Waals surface area contributed by atoms with E-state index in [1.54, 1.807) is 18.2 Å². The number of nitriles is 1. The molecule has 2 fully saturated rings. The monoisotopic (exact) mass is 559 g/mol. The quantitative estimate of drug-likeness (QED) is 0.475. The highest BCUT2D eigenvalue weighted by Gasteiger charge is 2.47. The summed E-state index contributed by atoms with van der Waals surface area (Å²) in [6.07, 6.45) is 6.50. The van der Waals surface area contributed by atoms with Crippen LogP contribution in [0.2, 0.25) is 0 Å². The van der Waals surface area contributed by atoms with Crippen molar-refractivity contribution in [1.29, 1.82) is 5.26 Å². The maximum Gasteiger partial charge on any atom is 0.268 e. The van der Waals surface area contributed by atoms with Crippen molar-refractivity contribution < 1.29 is 18.4 Å². The van der Waals surface area contributed by atoms with E-state index < -0.39 is 43.3 Å². The van der Waals surface area contributed by atoms with Gasteiger partial charge >= 0.3 is 0 Å². The van der Waals surface area contributed by atoms with Crippen molar-refractivity contribution in [3.8, 4) is 6.07 Å². The molecule has 0 aliphatic carbocycles. The van der Waals surface area contributed by atoms with E-state index >= 15 is 0 Å². The molecule has 2 saturated heterocycles. The molecule has 2 aliphatic heterocycles. The maximum atomic E-state index is 13.7. The highest BCUT2D eigenvalue weighted by Crippen LogP contribution is 2.31. The van der Waals surface area contributed by atoms with E-state index in [4.69, 9.17) is 5.26 Å². The van der Waals surface area contributed by atoms with E-state index in [2.05, 4.69) is 32.1 Å². The second kappa shape index (κ2) is 12.1. The number of likely N-dealkylation sites (N-methyl/N-ethyl adjacent to an activating group) is 1. The number of aromatic nitrogens is 2. The first kappa shape index (κ1) is 28.3. The number of carbonyl (C=O) groups is 2. The van der Waals surface area contributed by atoms with Crippen LogP contribution in [-0.2, 0) is 11.3 Å². The standard InChI is InChI=1S/C30H31F2N7O2/c1-37-10-12-38(13-11-37)19-23-6-4-22(17-35-23)3-2-21-5-7-27-26(14-21)25(8-9-34-27)29(41)36-18-28(40)39-20-30(31,32)15-24(39)16-33/h2-9,14,17,24H,10-13,15,18-20H2,1H3,(H,36,41)/b3-2+. The molecule has 3 aromatic rings. The number of amides is 2. The van der Waals surface area contributed by atoms with Gasteiger partial charge in [0.05, 0.1) is 35.9 Å². The Morgan fingerprint density at radius 2 is 1.85 bits per heavy atom. The third kappa shape index (κ3) is 6.90. The molecule has 0 radical (unpaired) electrons. The highest BCUT2D eigenvalue weighted by molar-refractivity contribution is 6.07. The molecule has 41 heavy (non-hydrogen) atoms. The molecular weight excluding hydrogens is 528 g/mol. The summed E-state index contributed by atoms with van der Waals surface area (Å²) in [6, 6.07) is 11.7. The number of hydrogen-bond acceptors (Lipinski definition) is 7. The minimum absolute atomic E-state index is 0.302. The van der Waals surface area contributed by atoms with E-state index in [1.165, 1.54) is 6.20 Å². The normalized spacial score (nSPS) is 19.5. The Morgan fingerprint density at radius 3 is 2.59 bits per heavy atom. The minimum Gasteiger partial charge on any atom is -0.343 e. The average Bonchev–Trinajstić information content (AvgIpc) is 3.30. The molecule has 2 aromatic heterocycles. The number of piperazine rings is 1. The zero-order chi connectivity index (χ0) is 29.0. The van der Waals surface area contributed by atoms with Gasteiger partial charge in [-0.25, -0.2) is 8.78 Å². The summed E-state index contributed by atoms with van der Waals surface area (Å²) < 4.78 is 27.4. The van der Waals surface area contributed by atoms with Crippen LogP contribution in [0.1, 0.15) is 33.6 Å². The molecule has 1 aromatic carbocycles. The first-order valence-electron chi connectivity index (χ1n) is 13.5. The van der Waals surface area contributed by atoms with Gasteiger partial charge < -0.3 is 15.1 Å². The van der Waals surface area contributed by atoms with Crippen molar-refractivity contribution in [2.45, 2.75) is 24.9 Å². The lowest BCUT2D eigenvalue weighted by atomic mass is 10.0. The molecule has 2 aliphatic rings. The number of alkyl halides is 2. The number of halogens is 2. The van der Waals surface area contributed by atoms with Crippen LogP contribution in [0.3, 0.4) is 0 Å². The van der Waals surface area contributed by atoms with Crippen LogP contribution in [0.25, 0.3) is 23.1 Å². The van der Waals surface area contributed by atoms with Gasteiger partial charge in [0.1, 0.15) is 6.04 Å². The van der Waals surface area contributed by atoms with Gasteiger partial charge in [-0.2, -0.15) is 5.26 Å². The molecule has 5 rings (SSSR count). The molecule has 11 heteroatoms. The number of pyridine rings is 2. The van der Waals surface area contributed by atoms with Gasteiger partial charge in [-0.05, 0) is 42.4 Å². The number of fused-ring (bicyclic) bond motifs is 1. The van der Waals surface area contributed by atoms with E-state index in [0.29, 0.717) is 16.5 Å². The number of nitrogens with one attached hydrogen (secondary N) is 1. The predicted molar refractivity (Wildman–Crippen MR) is 151 cm³/mol. The summed E-state index contributed by atoms with van der Waals surface area (Å²) >= 11 is 0. The molecule has 0 spiro atoms. The summed E-state index contributed by atoms with van der Waals surface area (Å²) in [5, 5.41) is 12.2. The number of likely N-dealkylation sites (tertiary alicyclic amines) is 1. The van der Waals surface area contributed by atoms with Gasteiger partial charge in [0.15, 0.2) is 0 Å². The molecular formula is C30H31F2N7O2. The zero-order valence-electron chi connectivity index (χ0n) is 22.8. The van der Waals surface area contributed by atoms with E-state index in [1.807, 2.05) is 42.6 Å². The number of carbonyl (C=O) groups excluding carboxylic acids is 2. The molecule has 212 valence electrons. The van der Waals surface area contributed by atoms with Gasteiger partial charge in [-0.3, -0.25) is 24.5 Å². The lowest BCUT2D eigenvalue weighted by molar-refractivity contribution is -0.131. The minimum atomic E-state index is -3.12. The van der Waals surface area contributed by atoms with Gasteiger partial charge in [0.25, 0.3) is 11.8 Å². The second-order valence-corrected chi connectivity index (χ2v) is 10.5. The Balaban J connectivity index is 1.23. The first-order valence-corrected chi connectivity index (χ1v) is 13.5. The molecule has 2 amide bonds. The van der Waals surface area contributed by atoms with Crippen LogP contribution in [0, 0.1) is 11.3 Å². The SMILES string of the molecule is CN1CCN(Cc2ccc(/C=C/c3ccc4nccc(C(=O)NCC(=O)N5CC(F)(F)CC5C#N)c4c3)cn2)CC1. The number of rotatable bonds is 7. The summed E-state index contributed by atoms with van der Waals surface area (Å²) in [5.74, 6) is -4.38.